The first-order valence-corrected chi connectivity index (χ1v) is 8.40. The van der Waals surface area contributed by atoms with Crippen molar-refractivity contribution in [3.05, 3.63) is 50.2 Å². The molecule has 1 aromatic heterocycles. The number of nitrogens with zero attached hydrogens (tertiary/aromatic N) is 1. The minimum Gasteiger partial charge on any atom is -0.304 e. The van der Waals surface area contributed by atoms with E-state index in [1.807, 2.05) is 0 Å². The molecule has 5 heteroatoms. The molecule has 0 aliphatic rings. The van der Waals surface area contributed by atoms with Crippen LogP contribution in [0, 0.1) is 12.7 Å². The molecule has 0 amide bonds. The Labute approximate surface area is 134 Å². The van der Waals surface area contributed by atoms with Crippen LogP contribution in [0.2, 0.25) is 5.02 Å². The van der Waals surface area contributed by atoms with E-state index in [9.17, 15) is 4.39 Å². The molecule has 2 aromatic rings. The van der Waals surface area contributed by atoms with Gasteiger partial charge in [0.2, 0.25) is 0 Å². The fourth-order valence-corrected chi connectivity index (χ4v) is 3.64. The highest BCUT2D eigenvalue weighted by Gasteiger charge is 2.21. The largest absolute Gasteiger partial charge is 0.304 e. The zero-order valence-corrected chi connectivity index (χ0v) is 14.1. The second-order valence-corrected chi connectivity index (χ2v) is 6.60. The van der Waals surface area contributed by atoms with Gasteiger partial charge >= 0.3 is 0 Å². The maximum Gasteiger partial charge on any atom is 0.124 e. The topological polar surface area (TPSA) is 24.9 Å². The van der Waals surface area contributed by atoms with Crippen LogP contribution in [0.15, 0.2) is 18.2 Å². The quantitative estimate of drug-likeness (QED) is 0.817. The van der Waals surface area contributed by atoms with Crippen LogP contribution in [0.1, 0.15) is 47.5 Å². The molecule has 21 heavy (non-hydrogen) atoms. The van der Waals surface area contributed by atoms with E-state index >= 15 is 0 Å². The molecule has 2 nitrogen and oxygen atoms in total. The Bertz CT molecular complexity index is 612. The highest BCUT2D eigenvalue weighted by atomic mass is 35.5. The third kappa shape index (κ3) is 3.82. The van der Waals surface area contributed by atoms with Gasteiger partial charge in [-0.15, -0.1) is 11.3 Å². The Balaban J connectivity index is 2.41. The lowest BCUT2D eigenvalue weighted by Crippen LogP contribution is -2.23. The lowest BCUT2D eigenvalue weighted by molar-refractivity contribution is 0.590. The maximum atomic E-state index is 13.3. The second kappa shape index (κ2) is 7.34. The van der Waals surface area contributed by atoms with Gasteiger partial charge in [0.15, 0.2) is 0 Å². The van der Waals surface area contributed by atoms with Crippen LogP contribution >= 0.6 is 22.9 Å². The van der Waals surface area contributed by atoms with E-state index in [2.05, 4.69) is 26.1 Å². The van der Waals surface area contributed by atoms with E-state index in [1.165, 1.54) is 17.0 Å². The number of aromatic nitrogens is 1. The number of thiazole rings is 1. The molecular weight excluding hydrogens is 307 g/mol. The van der Waals surface area contributed by atoms with Crippen LogP contribution in [-0.2, 0) is 6.42 Å². The Morgan fingerprint density at radius 3 is 2.71 bits per heavy atom. The Hall–Kier alpha value is -0.970. The third-order valence-electron chi connectivity index (χ3n) is 3.36. The number of nitrogens with one attached hydrogen (secondary N) is 1. The molecule has 0 aliphatic carbocycles. The van der Waals surface area contributed by atoms with Crippen molar-refractivity contribution in [3.8, 4) is 0 Å². The van der Waals surface area contributed by atoms with E-state index in [0.29, 0.717) is 5.02 Å². The molecule has 0 aliphatic heterocycles. The summed E-state index contributed by atoms with van der Waals surface area (Å²) in [5.41, 5.74) is 2.00. The van der Waals surface area contributed by atoms with Crippen molar-refractivity contribution in [2.75, 3.05) is 6.54 Å². The number of halogens is 2. The predicted molar refractivity (Wildman–Crippen MR) is 87.8 cm³/mol. The number of aryl methyl sites for hydroxylation is 2. The van der Waals surface area contributed by atoms with Gasteiger partial charge in [-0.2, -0.15) is 0 Å². The summed E-state index contributed by atoms with van der Waals surface area (Å²) >= 11 is 7.91. The van der Waals surface area contributed by atoms with Gasteiger partial charge in [0.1, 0.15) is 10.8 Å². The van der Waals surface area contributed by atoms with Gasteiger partial charge in [-0.1, -0.05) is 31.5 Å². The molecule has 1 heterocycles. The summed E-state index contributed by atoms with van der Waals surface area (Å²) in [6, 6.07) is 4.47. The summed E-state index contributed by atoms with van der Waals surface area (Å²) in [5.74, 6) is -0.317. The van der Waals surface area contributed by atoms with Gasteiger partial charge in [0.05, 0.1) is 11.7 Å². The van der Waals surface area contributed by atoms with E-state index in [1.54, 1.807) is 17.4 Å². The van der Waals surface area contributed by atoms with Gasteiger partial charge in [0, 0.05) is 9.90 Å². The Kier molecular flexibility index (Phi) is 5.73. The summed E-state index contributed by atoms with van der Waals surface area (Å²) in [6.45, 7) is 7.16. The molecule has 0 fully saturated rings. The van der Waals surface area contributed by atoms with Crippen molar-refractivity contribution in [2.24, 2.45) is 0 Å². The summed E-state index contributed by atoms with van der Waals surface area (Å²) in [7, 11) is 0. The molecule has 1 atom stereocenters. The van der Waals surface area contributed by atoms with Crippen molar-refractivity contribution in [2.45, 2.75) is 39.7 Å². The molecule has 1 N–H and O–H groups in total. The SMILES string of the molecule is CCCNC(c1nc(CC)c(C)s1)c1ccc(F)cc1Cl. The predicted octanol–water partition coefficient (Wildman–Crippen LogP) is 4.90. The first-order chi connectivity index (χ1) is 10.1. The summed E-state index contributed by atoms with van der Waals surface area (Å²) < 4.78 is 13.3. The molecule has 0 saturated carbocycles. The smallest absolute Gasteiger partial charge is 0.124 e. The number of rotatable bonds is 6. The lowest BCUT2D eigenvalue weighted by Gasteiger charge is -2.18. The molecule has 0 bridgehead atoms. The average Bonchev–Trinajstić information content (AvgIpc) is 2.82. The highest BCUT2D eigenvalue weighted by Crippen LogP contribution is 2.32. The van der Waals surface area contributed by atoms with Crippen LogP contribution in [0.4, 0.5) is 4.39 Å². The molecule has 0 saturated heterocycles. The molecule has 114 valence electrons. The van der Waals surface area contributed by atoms with Gasteiger partial charge in [-0.25, -0.2) is 9.37 Å². The van der Waals surface area contributed by atoms with E-state index < -0.39 is 0 Å². The maximum absolute atomic E-state index is 13.3. The third-order valence-corrected chi connectivity index (χ3v) is 4.77. The van der Waals surface area contributed by atoms with Crippen LogP contribution in [0.3, 0.4) is 0 Å². The normalized spacial score (nSPS) is 12.6. The van der Waals surface area contributed by atoms with Gasteiger partial charge in [-0.05, 0) is 44.0 Å². The fourth-order valence-electron chi connectivity index (χ4n) is 2.26. The van der Waals surface area contributed by atoms with Crippen LogP contribution in [0.25, 0.3) is 0 Å². The molecule has 1 aromatic carbocycles. The number of benzene rings is 1. The van der Waals surface area contributed by atoms with Crippen molar-refractivity contribution in [1.82, 2.24) is 10.3 Å². The summed E-state index contributed by atoms with van der Waals surface area (Å²) in [6.07, 6.45) is 1.93. The lowest BCUT2D eigenvalue weighted by atomic mass is 10.1. The van der Waals surface area contributed by atoms with E-state index in [4.69, 9.17) is 16.6 Å². The molecular formula is C16H20ClFN2S. The second-order valence-electron chi connectivity index (χ2n) is 4.96. The van der Waals surface area contributed by atoms with Crippen LogP contribution < -0.4 is 5.32 Å². The zero-order chi connectivity index (χ0) is 15.4. The van der Waals surface area contributed by atoms with E-state index in [0.717, 1.165) is 35.7 Å². The number of hydrogen-bond donors (Lipinski definition) is 1. The minimum atomic E-state index is -0.317. The van der Waals surface area contributed by atoms with Crippen LogP contribution in [-0.4, -0.2) is 11.5 Å². The average molecular weight is 327 g/mol. The standard InChI is InChI=1S/C16H20ClFN2S/c1-4-8-19-15(12-7-6-11(18)9-13(12)17)16-20-14(5-2)10(3)21-16/h6-7,9,15,19H,4-5,8H2,1-3H3. The molecule has 0 spiro atoms. The van der Waals surface area contributed by atoms with E-state index in [-0.39, 0.29) is 11.9 Å². The van der Waals surface area contributed by atoms with Crippen molar-refractivity contribution in [3.63, 3.8) is 0 Å². The minimum absolute atomic E-state index is 0.0814. The van der Waals surface area contributed by atoms with Crippen molar-refractivity contribution < 1.29 is 4.39 Å². The monoisotopic (exact) mass is 326 g/mol. The van der Waals surface area contributed by atoms with Crippen LogP contribution in [0.5, 0.6) is 0 Å². The first kappa shape index (κ1) is 16.4. The van der Waals surface area contributed by atoms with Crippen molar-refractivity contribution in [1.29, 1.82) is 0 Å². The van der Waals surface area contributed by atoms with Crippen molar-refractivity contribution >= 4 is 22.9 Å². The first-order valence-electron chi connectivity index (χ1n) is 7.21. The zero-order valence-electron chi connectivity index (χ0n) is 12.5. The number of hydrogen-bond acceptors (Lipinski definition) is 3. The summed E-state index contributed by atoms with van der Waals surface area (Å²) in [5, 5.41) is 4.90. The Morgan fingerprint density at radius 1 is 1.38 bits per heavy atom. The fraction of sp³-hybridized carbons (Fsp3) is 0.438. The summed E-state index contributed by atoms with van der Waals surface area (Å²) in [4.78, 5) is 5.96. The Morgan fingerprint density at radius 2 is 2.14 bits per heavy atom. The highest BCUT2D eigenvalue weighted by molar-refractivity contribution is 7.11. The molecule has 1 unspecified atom stereocenters. The van der Waals surface area contributed by atoms with Gasteiger partial charge in [0.25, 0.3) is 0 Å². The molecule has 2 rings (SSSR count). The van der Waals surface area contributed by atoms with Gasteiger partial charge in [-0.3, -0.25) is 0 Å². The molecule has 0 radical (unpaired) electrons. The van der Waals surface area contributed by atoms with Gasteiger partial charge < -0.3 is 5.32 Å².